The second-order valence-electron chi connectivity index (χ2n) is 9.21. The van der Waals surface area contributed by atoms with Crippen LogP contribution in [0.4, 0.5) is 0 Å². The number of para-hydroxylation sites is 1. The number of carbonyl (C=O) groups excluding carboxylic acids is 1. The van der Waals surface area contributed by atoms with Crippen molar-refractivity contribution < 1.29 is 9.53 Å². The summed E-state index contributed by atoms with van der Waals surface area (Å²) >= 11 is 1.94. The number of carbonyl (C=O) groups is 1. The third-order valence-corrected chi connectivity index (χ3v) is 8.38. The molecule has 2 fully saturated rings. The third kappa shape index (κ3) is 4.11. The van der Waals surface area contributed by atoms with Gasteiger partial charge in [-0.3, -0.25) is 9.78 Å². The van der Waals surface area contributed by atoms with Crippen LogP contribution in [-0.2, 0) is 0 Å². The quantitative estimate of drug-likeness (QED) is 0.474. The van der Waals surface area contributed by atoms with Crippen LogP contribution in [0.5, 0.6) is 5.75 Å². The lowest BCUT2D eigenvalue weighted by molar-refractivity contribution is 0.0512. The summed E-state index contributed by atoms with van der Waals surface area (Å²) in [5.74, 6) is 2.58. The second-order valence-corrected chi connectivity index (χ2v) is 10.7. The van der Waals surface area contributed by atoms with Gasteiger partial charge in [0, 0.05) is 23.9 Å². The Morgan fingerprint density at radius 2 is 1.88 bits per heavy atom. The molecule has 2 aromatic carbocycles. The predicted octanol–water partition coefficient (Wildman–Crippen LogP) is 6.27. The molecule has 0 radical (unpaired) electrons. The van der Waals surface area contributed by atoms with E-state index in [1.807, 2.05) is 42.1 Å². The summed E-state index contributed by atoms with van der Waals surface area (Å²) in [4.78, 5) is 20.0. The fourth-order valence-corrected chi connectivity index (χ4v) is 6.45. The van der Waals surface area contributed by atoms with Crippen molar-refractivity contribution in [1.82, 2.24) is 9.88 Å². The Morgan fingerprint density at radius 1 is 1.12 bits per heavy atom. The van der Waals surface area contributed by atoms with Gasteiger partial charge < -0.3 is 9.64 Å². The monoisotopic (exact) mass is 446 g/mol. The smallest absolute Gasteiger partial charge is 0.256 e. The normalized spacial score (nSPS) is 23.2. The number of hydrogen-bond donors (Lipinski definition) is 0. The van der Waals surface area contributed by atoms with Gasteiger partial charge in [-0.25, -0.2) is 0 Å². The summed E-state index contributed by atoms with van der Waals surface area (Å²) in [6.07, 6.45) is 5.83. The summed E-state index contributed by atoms with van der Waals surface area (Å²) in [6, 6.07) is 18.4. The number of ether oxygens (including phenoxy) is 1. The lowest BCUT2D eigenvalue weighted by atomic mass is 9.90. The first-order valence-corrected chi connectivity index (χ1v) is 12.6. The molecular formula is C27H30N2O2S. The molecule has 0 unspecified atom stereocenters. The summed E-state index contributed by atoms with van der Waals surface area (Å²) in [7, 11) is 0. The Bertz CT molecular complexity index is 1100. The Hall–Kier alpha value is -2.53. The molecule has 0 atom stereocenters. The summed E-state index contributed by atoms with van der Waals surface area (Å²) in [6.45, 7) is 5.21. The molecule has 1 aromatic heterocycles. The maximum Gasteiger partial charge on any atom is 0.256 e. The molecule has 0 N–H and O–H groups in total. The van der Waals surface area contributed by atoms with Crippen LogP contribution in [0, 0.1) is 0 Å². The molecule has 0 bridgehead atoms. The molecule has 5 rings (SSSR count). The molecule has 2 aliphatic rings. The third-order valence-electron chi connectivity index (χ3n) is 6.82. The highest BCUT2D eigenvalue weighted by atomic mass is 32.2. The maximum absolute atomic E-state index is 13.5. The Labute approximate surface area is 194 Å². The molecule has 2 heterocycles. The van der Waals surface area contributed by atoms with Crippen molar-refractivity contribution >= 4 is 28.6 Å². The van der Waals surface area contributed by atoms with Crippen LogP contribution in [0.25, 0.3) is 10.9 Å². The molecule has 5 heteroatoms. The van der Waals surface area contributed by atoms with Gasteiger partial charge in [0.2, 0.25) is 0 Å². The largest absolute Gasteiger partial charge is 0.490 e. The van der Waals surface area contributed by atoms with Crippen LogP contribution < -0.4 is 4.74 Å². The summed E-state index contributed by atoms with van der Waals surface area (Å²) in [5, 5.41) is 1.01. The van der Waals surface area contributed by atoms with E-state index in [4.69, 9.17) is 4.74 Å². The van der Waals surface area contributed by atoms with E-state index in [1.165, 1.54) is 5.56 Å². The van der Waals surface area contributed by atoms with Crippen LogP contribution >= 0.6 is 11.8 Å². The van der Waals surface area contributed by atoms with E-state index in [2.05, 4.69) is 48.0 Å². The van der Waals surface area contributed by atoms with Crippen LogP contribution in [0.15, 0.2) is 60.8 Å². The van der Waals surface area contributed by atoms with Gasteiger partial charge in [0.15, 0.2) is 0 Å². The molecule has 1 saturated carbocycles. The molecule has 4 nitrogen and oxygen atoms in total. The van der Waals surface area contributed by atoms with Crippen molar-refractivity contribution in [3.8, 4) is 5.75 Å². The van der Waals surface area contributed by atoms with E-state index in [-0.39, 0.29) is 16.9 Å². The van der Waals surface area contributed by atoms with Crippen molar-refractivity contribution in [2.45, 2.75) is 56.4 Å². The van der Waals surface area contributed by atoms with Gasteiger partial charge in [-0.05, 0) is 61.4 Å². The molecule has 32 heavy (non-hydrogen) atoms. The highest BCUT2D eigenvalue weighted by molar-refractivity contribution is 8.00. The first-order valence-electron chi connectivity index (χ1n) is 11.6. The van der Waals surface area contributed by atoms with Gasteiger partial charge in [0.05, 0.1) is 22.1 Å². The highest BCUT2D eigenvalue weighted by Crippen LogP contribution is 2.47. The van der Waals surface area contributed by atoms with Gasteiger partial charge in [0.1, 0.15) is 5.75 Å². The van der Waals surface area contributed by atoms with Crippen molar-refractivity contribution in [1.29, 1.82) is 0 Å². The van der Waals surface area contributed by atoms with Gasteiger partial charge in [-0.2, -0.15) is 0 Å². The lowest BCUT2D eigenvalue weighted by Gasteiger charge is -2.42. The molecule has 3 aromatic rings. The van der Waals surface area contributed by atoms with E-state index in [1.54, 1.807) is 6.20 Å². The fourth-order valence-electron chi connectivity index (χ4n) is 4.94. The van der Waals surface area contributed by atoms with Gasteiger partial charge >= 0.3 is 0 Å². The van der Waals surface area contributed by atoms with Crippen LogP contribution in [0.1, 0.15) is 61.4 Å². The van der Waals surface area contributed by atoms with Crippen molar-refractivity contribution in [3.63, 3.8) is 0 Å². The molecule has 1 aliphatic carbocycles. The summed E-state index contributed by atoms with van der Waals surface area (Å²) < 4.78 is 6.30. The zero-order valence-corrected chi connectivity index (χ0v) is 19.6. The molecular weight excluding hydrogens is 416 g/mol. The van der Waals surface area contributed by atoms with E-state index >= 15 is 0 Å². The van der Waals surface area contributed by atoms with Crippen LogP contribution in [0.2, 0.25) is 0 Å². The van der Waals surface area contributed by atoms with Crippen molar-refractivity contribution in [2.24, 2.45) is 0 Å². The Balaban J connectivity index is 1.26. The van der Waals surface area contributed by atoms with Crippen LogP contribution in [-0.4, -0.2) is 39.1 Å². The van der Waals surface area contributed by atoms with Crippen LogP contribution in [0.3, 0.4) is 0 Å². The topological polar surface area (TPSA) is 42.4 Å². The number of benzene rings is 2. The molecule has 1 saturated heterocycles. The van der Waals surface area contributed by atoms with E-state index < -0.39 is 0 Å². The number of thioether (sulfide) groups is 1. The minimum atomic E-state index is -0.107. The standard InChI is InChI=1S/C27H30N2O2S/c1-19(2)20-7-9-23(10-8-20)31-24-11-13-27(14-12-24)29(15-16-32-27)26(30)22-17-21-5-3-4-6-25(21)28-18-22/h3-10,17-19,24H,11-16H2,1-2H3. The Morgan fingerprint density at radius 3 is 2.62 bits per heavy atom. The fraction of sp³-hybridized carbons (Fsp3) is 0.407. The zero-order chi connectivity index (χ0) is 22.1. The second kappa shape index (κ2) is 8.78. The minimum absolute atomic E-state index is 0.107. The maximum atomic E-state index is 13.5. The first-order chi connectivity index (χ1) is 15.5. The number of fused-ring (bicyclic) bond motifs is 1. The molecule has 1 aliphatic heterocycles. The van der Waals surface area contributed by atoms with E-state index in [0.29, 0.717) is 11.5 Å². The SMILES string of the molecule is CC(C)c1ccc(OC2CCC3(CC2)SCCN3C(=O)c2cnc3ccccc3c2)cc1. The summed E-state index contributed by atoms with van der Waals surface area (Å²) in [5.41, 5.74) is 2.95. The highest BCUT2D eigenvalue weighted by Gasteiger charge is 2.47. The number of hydrogen-bond acceptors (Lipinski definition) is 4. The van der Waals surface area contributed by atoms with Gasteiger partial charge in [0.25, 0.3) is 5.91 Å². The number of amides is 1. The first kappa shape index (κ1) is 21.3. The molecule has 1 spiro atoms. The zero-order valence-electron chi connectivity index (χ0n) is 18.8. The average molecular weight is 447 g/mol. The minimum Gasteiger partial charge on any atom is -0.490 e. The van der Waals surface area contributed by atoms with E-state index in [9.17, 15) is 4.79 Å². The van der Waals surface area contributed by atoms with Crippen molar-refractivity contribution in [3.05, 3.63) is 71.9 Å². The van der Waals surface area contributed by atoms with E-state index in [0.717, 1.165) is 54.6 Å². The number of nitrogens with zero attached hydrogens (tertiary/aromatic N) is 2. The number of aromatic nitrogens is 1. The van der Waals surface area contributed by atoms with Crippen molar-refractivity contribution in [2.75, 3.05) is 12.3 Å². The number of pyridine rings is 1. The predicted molar refractivity (Wildman–Crippen MR) is 131 cm³/mol. The lowest BCUT2D eigenvalue weighted by Crippen LogP contribution is -2.49. The van der Waals surface area contributed by atoms with Gasteiger partial charge in [-0.15, -0.1) is 11.8 Å². The van der Waals surface area contributed by atoms with Gasteiger partial charge in [-0.1, -0.05) is 44.2 Å². The number of rotatable bonds is 4. The Kier molecular flexibility index (Phi) is 5.85. The molecule has 166 valence electrons. The molecule has 1 amide bonds. The average Bonchev–Trinajstić information content (AvgIpc) is 3.23.